The molecule has 0 aliphatic carbocycles. The number of pyridine rings is 1. The van der Waals surface area contributed by atoms with Crippen LogP contribution in [-0.2, 0) is 33.5 Å². The van der Waals surface area contributed by atoms with Gasteiger partial charge in [0.1, 0.15) is 24.8 Å². The van der Waals surface area contributed by atoms with E-state index in [4.69, 9.17) is 14.7 Å². The topological polar surface area (TPSA) is 172 Å². The maximum absolute atomic E-state index is 14.5. The molecule has 7 heterocycles. The van der Waals surface area contributed by atoms with E-state index in [1.807, 2.05) is 44.2 Å². The summed E-state index contributed by atoms with van der Waals surface area (Å²) in [5.74, 6) is 1.03. The van der Waals surface area contributed by atoms with Gasteiger partial charge in [-0.05, 0) is 123 Å². The van der Waals surface area contributed by atoms with Gasteiger partial charge in [-0.25, -0.2) is 9.78 Å². The van der Waals surface area contributed by atoms with Gasteiger partial charge in [0.2, 0.25) is 17.8 Å². The highest BCUT2D eigenvalue weighted by atomic mass is 79.9. The highest BCUT2D eigenvalue weighted by Crippen LogP contribution is 2.54. The molecule has 2 amide bonds. The molecule has 4 saturated heterocycles. The first kappa shape index (κ1) is 49.0. The summed E-state index contributed by atoms with van der Waals surface area (Å²) in [4.78, 5) is 60.5. The number of imidazole rings is 1. The zero-order valence-electron chi connectivity index (χ0n) is 41.3. The van der Waals surface area contributed by atoms with Crippen LogP contribution >= 0.6 is 23.1 Å². The molecule has 3 N–H and O–H groups in total. The first-order valence-corrected chi connectivity index (χ1v) is 28.4. The quantitative estimate of drug-likeness (QED) is 0.0664. The second kappa shape index (κ2) is 20.9. The molecule has 4 fully saturated rings. The van der Waals surface area contributed by atoms with Crippen LogP contribution < -0.4 is 36.6 Å². The number of amides is 2. The van der Waals surface area contributed by atoms with Crippen molar-refractivity contribution in [3.63, 3.8) is 0 Å². The van der Waals surface area contributed by atoms with Crippen molar-refractivity contribution >= 4 is 91.0 Å². The number of nitrogens with zero attached hydrogens (tertiary/aromatic N) is 8. The van der Waals surface area contributed by atoms with Crippen LogP contribution in [0.15, 0.2) is 70.1 Å². The summed E-state index contributed by atoms with van der Waals surface area (Å²) >= 11 is 3.68. The lowest BCUT2D eigenvalue weighted by molar-refractivity contribution is -0.135. The Labute approximate surface area is 423 Å². The first-order valence-electron chi connectivity index (χ1n) is 25.6. The van der Waals surface area contributed by atoms with Crippen LogP contribution in [0, 0.1) is 6.92 Å². The monoisotopic (exact) mass is 1050 g/mol. The second-order valence-corrected chi connectivity index (χ2v) is 23.4. The Bertz CT molecular complexity index is 3100. The number of aromatic nitrogens is 5. The number of para-hydroxylation sites is 1. The number of ether oxygens (including phenoxy) is 1. The average Bonchev–Trinajstić information content (AvgIpc) is 3.95. The van der Waals surface area contributed by atoms with E-state index in [9.17, 15) is 18.9 Å². The van der Waals surface area contributed by atoms with E-state index in [0.29, 0.717) is 54.2 Å². The third-order valence-corrected chi connectivity index (χ3v) is 19.1. The minimum atomic E-state index is -2.65. The summed E-state index contributed by atoms with van der Waals surface area (Å²) in [5, 5.41) is 11.2. The Hall–Kier alpha value is -5.61. The summed E-state index contributed by atoms with van der Waals surface area (Å²) in [6.45, 7) is 16.0. The fourth-order valence-electron chi connectivity index (χ4n) is 11.4. The number of hydrogen-bond donors (Lipinski definition) is 3. The van der Waals surface area contributed by atoms with Gasteiger partial charge in [0.15, 0.2) is 0 Å². The number of carbonyl (C=O) groups is 2. The van der Waals surface area contributed by atoms with Crippen molar-refractivity contribution in [3.8, 4) is 5.75 Å². The van der Waals surface area contributed by atoms with Gasteiger partial charge in [-0.15, -0.1) is 0 Å². The van der Waals surface area contributed by atoms with E-state index in [1.165, 1.54) is 5.69 Å². The van der Waals surface area contributed by atoms with Crippen LogP contribution in [0.1, 0.15) is 82.2 Å². The largest absolute Gasteiger partial charge is 0.492 e. The fraction of sp³-hybridized carbons (Fsp3) is 0.472. The van der Waals surface area contributed by atoms with E-state index in [0.717, 1.165) is 146 Å². The van der Waals surface area contributed by atoms with Crippen molar-refractivity contribution in [1.82, 2.24) is 39.2 Å². The summed E-state index contributed by atoms with van der Waals surface area (Å²) in [7, 11) is -2.65. The molecule has 4 aliphatic rings. The molecule has 18 heteroatoms. The van der Waals surface area contributed by atoms with E-state index in [-0.39, 0.29) is 18.0 Å². The van der Waals surface area contributed by atoms with E-state index in [1.54, 1.807) is 15.3 Å². The lowest BCUT2D eigenvalue weighted by Crippen LogP contribution is -2.53. The molecule has 1 unspecified atom stereocenters. The third kappa shape index (κ3) is 9.87. The van der Waals surface area contributed by atoms with Gasteiger partial charge in [-0.2, -0.15) is 4.98 Å². The lowest BCUT2D eigenvalue weighted by Gasteiger charge is -2.43. The smallest absolute Gasteiger partial charge is 0.329 e. The number of halogens is 1. The SMILES string of the molecule is CCOc1cc(N2CCC(N3CCN(CCc4cccc5c4n(CC)c(=O)n5C4CCC(=O)NC4=O)CC3)CC2)c(C)cc1Nc1ncc(Br)c(Nc2ccc3nc(CC)ccc3c2P2(=O)CCCC2)n1. The van der Waals surface area contributed by atoms with Crippen LogP contribution in [0.3, 0.4) is 0 Å². The third-order valence-electron chi connectivity index (χ3n) is 15.1. The van der Waals surface area contributed by atoms with E-state index < -0.39 is 19.1 Å². The second-order valence-electron chi connectivity index (χ2n) is 19.4. The molecule has 0 bridgehead atoms. The Morgan fingerprint density at radius 1 is 0.887 bits per heavy atom. The molecule has 1 atom stereocenters. The van der Waals surface area contributed by atoms with Gasteiger partial charge >= 0.3 is 5.69 Å². The van der Waals surface area contributed by atoms with Gasteiger partial charge in [0.25, 0.3) is 0 Å². The number of piperidine rings is 2. The number of imide groups is 1. The van der Waals surface area contributed by atoms with E-state index in [2.05, 4.69) is 89.7 Å². The van der Waals surface area contributed by atoms with Crippen molar-refractivity contribution in [2.75, 3.05) is 80.3 Å². The summed E-state index contributed by atoms with van der Waals surface area (Å²) < 4.78 is 24.9. The number of benzene rings is 3. The normalized spacial score (nSPS) is 19.2. The molecule has 374 valence electrons. The van der Waals surface area contributed by atoms with Crippen LogP contribution in [0.4, 0.5) is 28.8 Å². The fourth-order valence-corrected chi connectivity index (χ4v) is 15.1. The summed E-state index contributed by atoms with van der Waals surface area (Å²) in [6, 6.07) is 18.3. The maximum Gasteiger partial charge on any atom is 0.329 e. The Balaban J connectivity index is 0.772. The molecule has 16 nitrogen and oxygen atoms in total. The number of anilines is 5. The van der Waals surface area contributed by atoms with Gasteiger partial charge < -0.3 is 29.7 Å². The number of aryl methyl sites for hydroxylation is 3. The molecule has 4 aliphatic heterocycles. The molecule has 6 aromatic rings. The van der Waals surface area contributed by atoms with Gasteiger partial charge in [-0.1, -0.05) is 25.1 Å². The standard InChI is InChI=1S/C53H65BrN11O5P/c1-5-36-13-14-38-40(56-36)15-16-41(49(38)71(69)29-8-9-30-71)57-50-39(54)33-55-52(60-50)58-42-31-34(4)45(32-46(42)70-7-3)63-23-20-37(21-24-63)62-27-25-61(26-28-62)22-19-35-11-10-12-43-48(35)64(6-2)53(68)65(43)44-17-18-47(66)59-51(44)67/h10-16,31-33,37,44H,5-9,17-30H2,1-4H3,(H,59,66,67)(H2,55,57,58,60). The molecular formula is C53H65BrN11O5P. The maximum atomic E-state index is 14.5. The highest BCUT2D eigenvalue weighted by Gasteiger charge is 2.35. The number of rotatable bonds is 15. The predicted octanol–water partition coefficient (Wildman–Crippen LogP) is 8.27. The van der Waals surface area contributed by atoms with Gasteiger partial charge in [0.05, 0.1) is 39.0 Å². The number of carbonyl (C=O) groups excluding carboxylic acids is 2. The molecular weight excluding hydrogens is 982 g/mol. The Morgan fingerprint density at radius 3 is 2.41 bits per heavy atom. The zero-order chi connectivity index (χ0) is 49.4. The first-order chi connectivity index (χ1) is 34.4. The van der Waals surface area contributed by atoms with Crippen molar-refractivity contribution in [1.29, 1.82) is 0 Å². The minimum Gasteiger partial charge on any atom is -0.492 e. The van der Waals surface area contributed by atoms with Gasteiger partial charge in [0, 0.05) is 111 Å². The van der Waals surface area contributed by atoms with Crippen LogP contribution in [0.5, 0.6) is 5.75 Å². The van der Waals surface area contributed by atoms with Crippen LogP contribution in [-0.4, -0.2) is 116 Å². The van der Waals surface area contributed by atoms with Crippen LogP contribution in [0.25, 0.3) is 21.9 Å². The minimum absolute atomic E-state index is 0.200. The summed E-state index contributed by atoms with van der Waals surface area (Å²) in [6.07, 6.45) is 9.39. The average molecular weight is 1050 g/mol. The zero-order valence-corrected chi connectivity index (χ0v) is 43.8. The molecule has 3 aromatic carbocycles. The number of hydrogen-bond acceptors (Lipinski definition) is 13. The van der Waals surface area contributed by atoms with Crippen molar-refractivity contribution in [3.05, 3.63) is 92.6 Å². The number of fused-ring (bicyclic) bond motifs is 2. The van der Waals surface area contributed by atoms with Crippen molar-refractivity contribution in [2.45, 2.75) is 97.7 Å². The Morgan fingerprint density at radius 2 is 1.68 bits per heavy atom. The van der Waals surface area contributed by atoms with Gasteiger partial charge in [-0.3, -0.25) is 33.9 Å². The Kier molecular flexibility index (Phi) is 14.4. The van der Waals surface area contributed by atoms with Crippen LogP contribution in [0.2, 0.25) is 0 Å². The number of piperazine rings is 1. The molecule has 0 saturated carbocycles. The molecule has 3 aromatic heterocycles. The van der Waals surface area contributed by atoms with E-state index >= 15 is 0 Å². The number of nitrogens with one attached hydrogen (secondary N) is 3. The molecule has 0 radical (unpaired) electrons. The van der Waals surface area contributed by atoms with Crippen molar-refractivity contribution < 1.29 is 18.9 Å². The highest BCUT2D eigenvalue weighted by molar-refractivity contribution is 9.10. The molecule has 10 rings (SSSR count). The van der Waals surface area contributed by atoms with Crippen molar-refractivity contribution in [2.24, 2.45) is 0 Å². The molecule has 71 heavy (non-hydrogen) atoms. The predicted molar refractivity (Wildman–Crippen MR) is 286 cm³/mol. The summed E-state index contributed by atoms with van der Waals surface area (Å²) in [5.41, 5.74) is 8.31. The molecule has 0 spiro atoms. The lowest BCUT2D eigenvalue weighted by atomic mass is 10.00.